The molecule has 0 bridgehead atoms. The number of rotatable bonds is 10. The summed E-state index contributed by atoms with van der Waals surface area (Å²) < 4.78 is 28.3. The van der Waals surface area contributed by atoms with Crippen molar-refractivity contribution in [3.05, 3.63) is 0 Å². The van der Waals surface area contributed by atoms with Gasteiger partial charge in [-0.15, -0.1) is 0 Å². The zero-order valence-electron chi connectivity index (χ0n) is 23.6. The Morgan fingerprint density at radius 1 is 0.558 bits per heavy atom. The van der Waals surface area contributed by atoms with Crippen LogP contribution in [0.2, 0.25) is 0 Å². The molecule has 0 aromatic heterocycles. The van der Waals surface area contributed by atoms with Crippen molar-refractivity contribution in [1.82, 2.24) is 16.0 Å². The first-order valence-corrected chi connectivity index (χ1v) is 13.5. The number of nitrogens with one attached hydrogen (secondary N) is 3. The van der Waals surface area contributed by atoms with Crippen molar-refractivity contribution in [1.29, 1.82) is 0 Å². The first-order chi connectivity index (χ1) is 20.2. The maximum Gasteiger partial charge on any atom is 0.217 e. The van der Waals surface area contributed by atoms with Crippen LogP contribution in [0.3, 0.4) is 0 Å². The van der Waals surface area contributed by atoms with Gasteiger partial charge in [-0.3, -0.25) is 14.4 Å². The van der Waals surface area contributed by atoms with E-state index in [0.717, 1.165) is 20.8 Å². The quantitative estimate of drug-likeness (QED) is 0.107. The van der Waals surface area contributed by atoms with E-state index in [9.17, 15) is 55.2 Å². The Bertz CT molecular complexity index is 962. The van der Waals surface area contributed by atoms with Gasteiger partial charge in [-0.25, -0.2) is 0 Å². The van der Waals surface area contributed by atoms with Gasteiger partial charge in [-0.1, -0.05) is 0 Å². The summed E-state index contributed by atoms with van der Waals surface area (Å²) in [4.78, 5) is 35.5. The molecule has 3 amide bonds. The van der Waals surface area contributed by atoms with Crippen LogP contribution in [0, 0.1) is 0 Å². The molecule has 0 radical (unpaired) electrons. The fraction of sp³-hybridized carbons (Fsp3) is 0.875. The van der Waals surface area contributed by atoms with Gasteiger partial charge in [-0.05, 0) is 0 Å². The number of carbonyl (C=O) groups excluding carboxylic acids is 3. The summed E-state index contributed by atoms with van der Waals surface area (Å²) in [6, 6.07) is -4.31. The van der Waals surface area contributed by atoms with Crippen molar-refractivity contribution in [2.45, 2.75) is 113 Å². The lowest BCUT2D eigenvalue weighted by Crippen LogP contribution is -2.71. The Morgan fingerprint density at radius 3 is 1.37 bits per heavy atom. The number of aliphatic hydroxyl groups excluding tert-OH is 8. The van der Waals surface area contributed by atoms with Crippen LogP contribution in [0.15, 0.2) is 0 Å². The molecule has 0 aliphatic carbocycles. The second kappa shape index (κ2) is 15.3. The second-order valence-corrected chi connectivity index (χ2v) is 10.5. The maximum absolute atomic E-state index is 12.1. The van der Waals surface area contributed by atoms with E-state index in [2.05, 4.69) is 16.0 Å². The molecule has 3 heterocycles. The summed E-state index contributed by atoms with van der Waals surface area (Å²) in [7, 11) is 0. The third-order valence-corrected chi connectivity index (χ3v) is 7.30. The molecule has 0 aromatic carbocycles. The molecule has 3 rings (SSSR count). The third-order valence-electron chi connectivity index (χ3n) is 7.30. The first-order valence-electron chi connectivity index (χ1n) is 13.5. The number of ether oxygens (including phenoxy) is 5. The van der Waals surface area contributed by atoms with Gasteiger partial charge in [0, 0.05) is 20.8 Å². The van der Waals surface area contributed by atoms with Crippen LogP contribution < -0.4 is 16.0 Å². The predicted molar refractivity (Wildman–Crippen MR) is 136 cm³/mol. The Labute approximate surface area is 245 Å². The summed E-state index contributed by atoms with van der Waals surface area (Å²) in [5.41, 5.74) is 0. The molecule has 11 N–H and O–H groups in total. The van der Waals surface area contributed by atoms with Crippen molar-refractivity contribution in [2.75, 3.05) is 19.8 Å². The molecule has 0 aromatic rings. The topological polar surface area (TPSA) is 295 Å². The van der Waals surface area contributed by atoms with Crippen molar-refractivity contribution in [3.8, 4) is 0 Å². The lowest BCUT2D eigenvalue weighted by atomic mass is 9.93. The zero-order chi connectivity index (χ0) is 32.2. The van der Waals surface area contributed by atoms with Crippen LogP contribution in [-0.4, -0.2) is 170 Å². The van der Waals surface area contributed by atoms with Crippen molar-refractivity contribution < 1.29 is 78.9 Å². The van der Waals surface area contributed by atoms with Crippen LogP contribution in [0.25, 0.3) is 0 Å². The van der Waals surface area contributed by atoms with E-state index in [1.807, 2.05) is 0 Å². The minimum Gasteiger partial charge on any atom is -0.394 e. The predicted octanol–water partition coefficient (Wildman–Crippen LogP) is -7.14. The highest BCUT2D eigenvalue weighted by atomic mass is 16.7. The molecule has 15 atom stereocenters. The molecule has 19 heteroatoms. The highest BCUT2D eigenvalue weighted by molar-refractivity contribution is 5.74. The van der Waals surface area contributed by atoms with E-state index in [4.69, 9.17) is 23.7 Å². The molecule has 248 valence electrons. The van der Waals surface area contributed by atoms with E-state index < -0.39 is 129 Å². The lowest BCUT2D eigenvalue weighted by Gasteiger charge is -2.49. The van der Waals surface area contributed by atoms with E-state index in [-0.39, 0.29) is 0 Å². The first kappa shape index (κ1) is 35.4. The SMILES string of the molecule is CC(=O)N[C@@H]1[C@H](O)[C@H](O[C@H]2O[C@@H](CO)[C@@H](O[C@H]3O[C@@H](CO)[C@@H](O)[C@@H](O)[C@H]3NC(C)=O)[C@@H](O)[C@H]2NC(C)=O)[C@H](CO)O[C@@H]1O. The third kappa shape index (κ3) is 8.14. The van der Waals surface area contributed by atoms with Crippen LogP contribution >= 0.6 is 0 Å². The van der Waals surface area contributed by atoms with Gasteiger partial charge in [0.2, 0.25) is 17.7 Å². The monoisotopic (exact) mass is 627 g/mol. The number of hydrogen-bond acceptors (Lipinski definition) is 16. The number of aliphatic hydroxyl groups is 8. The highest BCUT2D eigenvalue weighted by Gasteiger charge is 2.54. The van der Waals surface area contributed by atoms with Gasteiger partial charge in [0.25, 0.3) is 0 Å². The molecule has 19 nitrogen and oxygen atoms in total. The van der Waals surface area contributed by atoms with Gasteiger partial charge in [-0.2, -0.15) is 0 Å². The fourth-order valence-corrected chi connectivity index (χ4v) is 5.28. The lowest BCUT2D eigenvalue weighted by molar-refractivity contribution is -0.351. The van der Waals surface area contributed by atoms with Crippen LogP contribution in [0.4, 0.5) is 0 Å². The van der Waals surface area contributed by atoms with E-state index >= 15 is 0 Å². The van der Waals surface area contributed by atoms with Crippen LogP contribution in [0.1, 0.15) is 20.8 Å². The standard InChI is InChI=1S/C24H41N3O16/c1-7(31)25-13-18(36)20(11(5-29)39-22(13)38)42-24-15(27-9(3)33)19(37)21(12(6-30)41-24)43-23-14(26-8(2)32)17(35)16(34)10(4-28)40-23/h10-24,28-30,34-38H,4-6H2,1-3H3,(H,25,31)(H,26,32)(H,27,33)/t10-,11-,12-,13+,14+,15+,16+,17-,18-,19-,20+,21+,22-,23+,24+/m0/s1. The van der Waals surface area contributed by atoms with Gasteiger partial charge in [0.15, 0.2) is 18.9 Å². The summed E-state index contributed by atoms with van der Waals surface area (Å²) in [5.74, 6) is -1.96. The number of carbonyl (C=O) groups is 3. The molecule has 3 aliphatic heterocycles. The van der Waals surface area contributed by atoms with E-state index in [1.165, 1.54) is 0 Å². The van der Waals surface area contributed by atoms with Gasteiger partial charge >= 0.3 is 0 Å². The summed E-state index contributed by atoms with van der Waals surface area (Å²) in [6.45, 7) is 0.995. The average Bonchev–Trinajstić information content (AvgIpc) is 2.94. The Morgan fingerprint density at radius 2 is 0.930 bits per heavy atom. The van der Waals surface area contributed by atoms with Gasteiger partial charge < -0.3 is 80.5 Å². The van der Waals surface area contributed by atoms with Gasteiger partial charge in [0.05, 0.1) is 19.8 Å². The smallest absolute Gasteiger partial charge is 0.217 e. The molecule has 3 saturated heterocycles. The normalized spacial score (nSPS) is 43.5. The number of amides is 3. The Balaban J connectivity index is 1.89. The Kier molecular flexibility index (Phi) is 12.5. The molecule has 43 heavy (non-hydrogen) atoms. The second-order valence-electron chi connectivity index (χ2n) is 10.5. The molecular weight excluding hydrogens is 586 g/mol. The summed E-state index contributed by atoms with van der Waals surface area (Å²) in [6.07, 6.45) is -19.0. The average molecular weight is 628 g/mol. The minimum atomic E-state index is -1.77. The highest BCUT2D eigenvalue weighted by Crippen LogP contribution is 2.32. The molecular formula is C24H41N3O16. The Hall–Kier alpha value is -2.11. The maximum atomic E-state index is 12.1. The molecule has 0 spiro atoms. The van der Waals surface area contributed by atoms with Gasteiger partial charge in [0.1, 0.15) is 73.1 Å². The van der Waals surface area contributed by atoms with E-state index in [1.54, 1.807) is 0 Å². The molecule has 0 saturated carbocycles. The van der Waals surface area contributed by atoms with Crippen molar-refractivity contribution in [2.24, 2.45) is 0 Å². The summed E-state index contributed by atoms with van der Waals surface area (Å²) >= 11 is 0. The summed E-state index contributed by atoms with van der Waals surface area (Å²) in [5, 5.41) is 90.0. The fourth-order valence-electron chi connectivity index (χ4n) is 5.28. The molecule has 0 unspecified atom stereocenters. The van der Waals surface area contributed by atoms with Crippen LogP contribution in [0.5, 0.6) is 0 Å². The zero-order valence-corrected chi connectivity index (χ0v) is 23.6. The largest absolute Gasteiger partial charge is 0.394 e. The molecule has 3 fully saturated rings. The molecule has 3 aliphatic rings. The van der Waals surface area contributed by atoms with Crippen molar-refractivity contribution >= 4 is 17.7 Å². The van der Waals surface area contributed by atoms with Crippen molar-refractivity contribution in [3.63, 3.8) is 0 Å². The minimum absolute atomic E-state index is 0.628. The number of hydrogen-bond donors (Lipinski definition) is 11. The van der Waals surface area contributed by atoms with E-state index in [0.29, 0.717) is 0 Å². The van der Waals surface area contributed by atoms with Crippen LogP contribution in [-0.2, 0) is 38.1 Å².